The van der Waals surface area contributed by atoms with Crippen LogP contribution in [0.3, 0.4) is 0 Å². The summed E-state index contributed by atoms with van der Waals surface area (Å²) in [4.78, 5) is 5.03. The Morgan fingerprint density at radius 2 is 0.570 bits per heavy atom. The number of hydrogen-bond acceptors (Lipinski definition) is 2. The first-order valence-electron chi connectivity index (χ1n) is 30.8. The molecule has 0 saturated carbocycles. The molecule has 0 bridgehead atoms. The van der Waals surface area contributed by atoms with Crippen LogP contribution in [0.15, 0.2) is 243 Å². The summed E-state index contributed by atoms with van der Waals surface area (Å²) >= 11 is 0. The van der Waals surface area contributed by atoms with Crippen molar-refractivity contribution in [1.29, 1.82) is 0 Å². The summed E-state index contributed by atoms with van der Waals surface area (Å²) in [5, 5.41) is 17.8. The van der Waals surface area contributed by atoms with Gasteiger partial charge in [0.2, 0.25) is 0 Å². The first-order valence-corrected chi connectivity index (χ1v) is 30.8. The highest BCUT2D eigenvalue weighted by atomic mass is 15.1. The molecule has 86 heavy (non-hydrogen) atoms. The molecule has 16 rings (SSSR count). The van der Waals surface area contributed by atoms with Crippen molar-refractivity contribution in [2.75, 3.05) is 9.80 Å². The minimum atomic E-state index is -0.312. The fourth-order valence-corrected chi connectivity index (χ4v) is 15.3. The summed E-state index contributed by atoms with van der Waals surface area (Å²) in [5.74, 6) is 0. The van der Waals surface area contributed by atoms with Crippen LogP contribution in [0.2, 0.25) is 0 Å². The predicted molar refractivity (Wildman–Crippen MR) is 371 cm³/mol. The lowest BCUT2D eigenvalue weighted by Gasteiger charge is -2.31. The van der Waals surface area contributed by atoms with Gasteiger partial charge in [-0.25, -0.2) is 0 Å². The van der Waals surface area contributed by atoms with Crippen LogP contribution in [0.1, 0.15) is 103 Å². The normalized spacial score (nSPS) is 14.1. The molecule has 2 aliphatic rings. The van der Waals surface area contributed by atoms with E-state index in [0.29, 0.717) is 0 Å². The Hall–Kier alpha value is -9.50. The van der Waals surface area contributed by atoms with E-state index in [4.69, 9.17) is 0 Å². The Balaban J connectivity index is 0.852. The van der Waals surface area contributed by atoms with Crippen LogP contribution in [0, 0.1) is 0 Å². The summed E-state index contributed by atoms with van der Waals surface area (Å²) in [6.45, 7) is 23.6. The van der Waals surface area contributed by atoms with Gasteiger partial charge in [0, 0.05) is 44.7 Å². The lowest BCUT2D eigenvalue weighted by Crippen LogP contribution is -2.18. The molecule has 0 aliphatic heterocycles. The predicted octanol–water partition coefficient (Wildman–Crippen LogP) is 23.9. The van der Waals surface area contributed by atoms with Gasteiger partial charge < -0.3 is 9.80 Å². The smallest absolute Gasteiger partial charge is 0.0543 e. The standard InChI is InChI=1S/C84H70N2/c1-81(2,3)51-31-35-53(36-32-51)85(55-39-42-66-62-25-13-11-21-58(62)60-23-15-17-27-64(60)71(66)45-55)57-41-44-68-73-48-77-74(49-76(73)83(7,8)75(68)47-57)80-70-30-20-19-29-69(70)79(50-78(80)84(77,9)10)86(54-37-33-52(34-38-54)82(4,5)6)56-40-43-67-63-26-14-12-22-59(63)61-24-16-18-28-65(61)72(67)46-56/h11-50H,1-10H3. The Morgan fingerprint density at radius 3 is 1.03 bits per heavy atom. The summed E-state index contributed by atoms with van der Waals surface area (Å²) < 4.78 is 0. The second-order valence-electron chi connectivity index (χ2n) is 27.7. The molecule has 14 aromatic carbocycles. The summed E-state index contributed by atoms with van der Waals surface area (Å²) in [5.41, 5.74) is 19.8. The lowest BCUT2D eigenvalue weighted by atomic mass is 9.79. The monoisotopic (exact) mass is 1110 g/mol. The minimum Gasteiger partial charge on any atom is -0.310 e. The Kier molecular flexibility index (Phi) is 11.2. The van der Waals surface area contributed by atoms with E-state index in [0.717, 1.165) is 28.4 Å². The zero-order chi connectivity index (χ0) is 58.8. The molecule has 0 N–H and O–H groups in total. The van der Waals surface area contributed by atoms with Gasteiger partial charge in [-0.05, 0) is 215 Å². The Morgan fingerprint density at radius 1 is 0.244 bits per heavy atom. The molecule has 0 spiro atoms. The van der Waals surface area contributed by atoms with Gasteiger partial charge in [0.25, 0.3) is 0 Å². The fraction of sp³-hybridized carbons (Fsp3) is 0.167. The summed E-state index contributed by atoms with van der Waals surface area (Å²) in [7, 11) is 0. The molecular weight excluding hydrogens is 1040 g/mol. The van der Waals surface area contributed by atoms with Crippen molar-refractivity contribution >= 4 is 110 Å². The highest BCUT2D eigenvalue weighted by Crippen LogP contribution is 2.60. The molecule has 0 fully saturated rings. The van der Waals surface area contributed by atoms with Crippen LogP contribution < -0.4 is 9.80 Å². The molecule has 0 amide bonds. The van der Waals surface area contributed by atoms with Gasteiger partial charge in [-0.3, -0.25) is 0 Å². The third-order valence-electron chi connectivity index (χ3n) is 19.9. The van der Waals surface area contributed by atoms with E-state index in [9.17, 15) is 0 Å². The van der Waals surface area contributed by atoms with E-state index in [1.807, 2.05) is 0 Å². The first kappa shape index (κ1) is 52.1. The largest absolute Gasteiger partial charge is 0.310 e. The molecule has 0 radical (unpaired) electrons. The zero-order valence-electron chi connectivity index (χ0n) is 51.0. The summed E-state index contributed by atoms with van der Waals surface area (Å²) in [6, 6.07) is 92.8. The maximum Gasteiger partial charge on any atom is 0.0543 e. The van der Waals surface area contributed by atoms with Crippen molar-refractivity contribution in [3.8, 4) is 22.3 Å². The number of fused-ring (bicyclic) bond motifs is 20. The summed E-state index contributed by atoms with van der Waals surface area (Å²) in [6.07, 6.45) is 0. The molecular formula is C84H70N2. The van der Waals surface area contributed by atoms with E-state index in [1.165, 1.54) is 137 Å². The fourth-order valence-electron chi connectivity index (χ4n) is 15.3. The molecule has 0 heterocycles. The molecule has 14 aromatic rings. The van der Waals surface area contributed by atoms with Crippen molar-refractivity contribution in [2.24, 2.45) is 0 Å². The van der Waals surface area contributed by atoms with Gasteiger partial charge in [-0.2, -0.15) is 0 Å². The average Bonchev–Trinajstić information content (AvgIpc) is 1.51. The zero-order valence-corrected chi connectivity index (χ0v) is 51.0. The van der Waals surface area contributed by atoms with Crippen LogP contribution in [-0.4, -0.2) is 0 Å². The second-order valence-corrected chi connectivity index (χ2v) is 27.7. The van der Waals surface area contributed by atoms with Gasteiger partial charge in [-0.15, -0.1) is 0 Å². The van der Waals surface area contributed by atoms with Gasteiger partial charge in [0.1, 0.15) is 0 Å². The van der Waals surface area contributed by atoms with E-state index in [-0.39, 0.29) is 21.7 Å². The topological polar surface area (TPSA) is 6.48 Å². The molecule has 0 unspecified atom stereocenters. The Bertz CT molecular complexity index is 5110. The number of benzene rings is 14. The van der Waals surface area contributed by atoms with Gasteiger partial charge in [-0.1, -0.05) is 233 Å². The van der Waals surface area contributed by atoms with Crippen LogP contribution in [0.25, 0.3) is 97.7 Å². The molecule has 2 nitrogen and oxygen atoms in total. The lowest BCUT2D eigenvalue weighted by molar-refractivity contribution is 0.590. The van der Waals surface area contributed by atoms with Crippen LogP contribution in [0.5, 0.6) is 0 Å². The van der Waals surface area contributed by atoms with E-state index >= 15 is 0 Å². The third kappa shape index (κ3) is 7.71. The van der Waals surface area contributed by atoms with E-state index < -0.39 is 0 Å². The van der Waals surface area contributed by atoms with Gasteiger partial charge >= 0.3 is 0 Å². The van der Waals surface area contributed by atoms with Gasteiger partial charge in [0.15, 0.2) is 0 Å². The number of nitrogens with zero attached hydrogens (tertiary/aromatic N) is 2. The molecule has 2 heteroatoms. The molecule has 416 valence electrons. The SMILES string of the molecule is CC(C)(C)c1ccc(N(c2ccc3c(c2)C(C)(C)c2cc4c(cc2-3)C(C)(C)c2cc(N(c3ccc(C(C)(C)C)cc3)c3ccc5c6ccccc6c6ccccc6c5c3)c3ccccc3c2-4)c2ccc3c4ccccc4c4ccccc4c3c2)cc1. The third-order valence-corrected chi connectivity index (χ3v) is 19.9. The molecule has 0 aromatic heterocycles. The molecule has 2 aliphatic carbocycles. The van der Waals surface area contributed by atoms with Crippen molar-refractivity contribution in [1.82, 2.24) is 0 Å². The van der Waals surface area contributed by atoms with Crippen molar-refractivity contribution in [2.45, 2.75) is 90.9 Å². The highest BCUT2D eigenvalue weighted by molar-refractivity contribution is 6.27. The van der Waals surface area contributed by atoms with Crippen molar-refractivity contribution < 1.29 is 0 Å². The second kappa shape index (κ2) is 18.5. The van der Waals surface area contributed by atoms with Crippen LogP contribution >= 0.6 is 0 Å². The Labute approximate surface area is 505 Å². The number of hydrogen-bond donors (Lipinski definition) is 0. The van der Waals surface area contributed by atoms with E-state index in [1.54, 1.807) is 0 Å². The van der Waals surface area contributed by atoms with Crippen LogP contribution in [-0.2, 0) is 21.7 Å². The van der Waals surface area contributed by atoms with Crippen LogP contribution in [0.4, 0.5) is 34.1 Å². The highest BCUT2D eigenvalue weighted by Gasteiger charge is 2.43. The molecule has 0 saturated heterocycles. The number of anilines is 6. The first-order chi connectivity index (χ1) is 41.4. The van der Waals surface area contributed by atoms with E-state index in [2.05, 4.69) is 322 Å². The maximum absolute atomic E-state index is 2.59. The maximum atomic E-state index is 2.59. The van der Waals surface area contributed by atoms with Crippen molar-refractivity contribution in [3.63, 3.8) is 0 Å². The number of rotatable bonds is 6. The molecule has 0 atom stereocenters. The average molecular weight is 1110 g/mol. The van der Waals surface area contributed by atoms with Gasteiger partial charge in [0.05, 0.1) is 5.69 Å². The quantitative estimate of drug-likeness (QED) is 0.153. The van der Waals surface area contributed by atoms with Crippen molar-refractivity contribution in [3.05, 3.63) is 276 Å². The minimum absolute atomic E-state index is 0.0174.